The van der Waals surface area contributed by atoms with Crippen LogP contribution >= 0.6 is 0 Å². The second-order valence-corrected chi connectivity index (χ2v) is 6.07. The predicted octanol–water partition coefficient (Wildman–Crippen LogP) is 3.85. The highest BCUT2D eigenvalue weighted by Crippen LogP contribution is 2.24. The number of hydrogen-bond donors (Lipinski definition) is 0. The summed E-state index contributed by atoms with van der Waals surface area (Å²) < 4.78 is 0. The third kappa shape index (κ3) is 5.14. The van der Waals surface area contributed by atoms with Gasteiger partial charge in [-0.25, -0.2) is 0 Å². The molecule has 1 aromatic carbocycles. The maximum Gasteiger partial charge on any atom is 0.164 e. The van der Waals surface area contributed by atoms with Gasteiger partial charge in [-0.2, -0.15) is 0 Å². The summed E-state index contributed by atoms with van der Waals surface area (Å²) in [4.78, 5) is 26.0. The van der Waals surface area contributed by atoms with E-state index in [1.807, 2.05) is 48.5 Å². The third-order valence-corrected chi connectivity index (χ3v) is 4.29. The molecule has 0 N–H and O–H groups in total. The van der Waals surface area contributed by atoms with Gasteiger partial charge in [0.15, 0.2) is 11.6 Å². The molecule has 1 aliphatic carbocycles. The van der Waals surface area contributed by atoms with Gasteiger partial charge in [0.25, 0.3) is 0 Å². The van der Waals surface area contributed by atoms with Gasteiger partial charge in [0.2, 0.25) is 0 Å². The molecule has 0 heterocycles. The molecule has 0 atom stereocenters. The first-order valence-corrected chi connectivity index (χ1v) is 8.17. The molecule has 0 aromatic heterocycles. The molecule has 0 saturated heterocycles. The lowest BCUT2D eigenvalue weighted by Gasteiger charge is -2.19. The molecule has 0 aliphatic heterocycles. The maximum atomic E-state index is 12.1. The molecule has 1 aliphatic rings. The fourth-order valence-electron chi connectivity index (χ4n) is 2.84. The van der Waals surface area contributed by atoms with Crippen LogP contribution in [0.1, 0.15) is 48.9 Å². The summed E-state index contributed by atoms with van der Waals surface area (Å²) in [7, 11) is 1.91. The van der Waals surface area contributed by atoms with Crippen molar-refractivity contribution in [2.24, 2.45) is 5.92 Å². The van der Waals surface area contributed by atoms with Crippen LogP contribution in [0.5, 0.6) is 0 Å². The molecule has 3 heteroatoms. The average Bonchev–Trinajstić information content (AvgIpc) is 2.59. The zero-order valence-electron chi connectivity index (χ0n) is 13.3. The van der Waals surface area contributed by atoms with Crippen LogP contribution < -0.4 is 0 Å². The molecule has 1 fully saturated rings. The van der Waals surface area contributed by atoms with E-state index in [1.54, 1.807) is 6.08 Å². The minimum Gasteiger partial charge on any atom is -0.380 e. The molecule has 0 amide bonds. The highest BCUT2D eigenvalue weighted by molar-refractivity contribution is 5.96. The van der Waals surface area contributed by atoms with Crippen molar-refractivity contribution in [2.45, 2.75) is 38.5 Å². The Bertz CT molecular complexity index is 515. The number of Topliss-reactive ketones (excluding diaryl/α,β-unsaturated/α-hetero) is 1. The van der Waals surface area contributed by atoms with Crippen molar-refractivity contribution in [3.05, 3.63) is 48.2 Å². The van der Waals surface area contributed by atoms with Gasteiger partial charge in [0, 0.05) is 37.7 Å². The third-order valence-electron chi connectivity index (χ3n) is 4.29. The zero-order chi connectivity index (χ0) is 15.8. The first-order valence-electron chi connectivity index (χ1n) is 8.17. The molecule has 118 valence electrons. The minimum absolute atomic E-state index is 0.138. The normalized spacial score (nSPS) is 15.9. The Balaban J connectivity index is 1.75. The lowest BCUT2D eigenvalue weighted by molar-refractivity contribution is -0.119. The lowest BCUT2D eigenvalue weighted by atomic mass is 9.86. The molecule has 1 saturated carbocycles. The van der Waals surface area contributed by atoms with Crippen molar-refractivity contribution in [3.63, 3.8) is 0 Å². The Morgan fingerprint density at radius 3 is 2.50 bits per heavy atom. The van der Waals surface area contributed by atoms with Crippen LogP contribution in [0.15, 0.2) is 42.6 Å². The van der Waals surface area contributed by atoms with Gasteiger partial charge < -0.3 is 4.90 Å². The largest absolute Gasteiger partial charge is 0.380 e. The van der Waals surface area contributed by atoms with Crippen LogP contribution in [-0.2, 0) is 4.79 Å². The van der Waals surface area contributed by atoms with E-state index in [-0.39, 0.29) is 17.5 Å². The molecule has 2 rings (SSSR count). The van der Waals surface area contributed by atoms with Gasteiger partial charge in [-0.3, -0.25) is 9.59 Å². The molecular formula is C19H25NO2. The molecular weight excluding hydrogens is 274 g/mol. The molecule has 0 spiro atoms. The number of hydrogen-bond acceptors (Lipinski definition) is 3. The molecule has 0 unspecified atom stereocenters. The zero-order valence-corrected chi connectivity index (χ0v) is 13.3. The summed E-state index contributed by atoms with van der Waals surface area (Å²) in [6, 6.07) is 9.33. The molecule has 0 radical (unpaired) electrons. The van der Waals surface area contributed by atoms with Crippen LogP contribution in [0.4, 0.5) is 0 Å². The number of carbonyl (C=O) groups is 2. The molecule has 3 nitrogen and oxygen atoms in total. The fourth-order valence-corrected chi connectivity index (χ4v) is 2.84. The van der Waals surface area contributed by atoms with Crippen molar-refractivity contribution in [3.8, 4) is 0 Å². The van der Waals surface area contributed by atoms with Gasteiger partial charge in [0.1, 0.15) is 0 Å². The first kappa shape index (κ1) is 16.5. The summed E-state index contributed by atoms with van der Waals surface area (Å²) in [6.07, 6.45) is 9.62. The van der Waals surface area contributed by atoms with Crippen molar-refractivity contribution in [1.29, 1.82) is 0 Å². The van der Waals surface area contributed by atoms with Crippen LogP contribution in [-0.4, -0.2) is 30.1 Å². The maximum absolute atomic E-state index is 12.1. The highest BCUT2D eigenvalue weighted by atomic mass is 16.1. The number of rotatable bonds is 7. The quantitative estimate of drug-likeness (QED) is 0.567. The summed E-state index contributed by atoms with van der Waals surface area (Å²) in [5.74, 6) is 0.588. The summed E-state index contributed by atoms with van der Waals surface area (Å²) >= 11 is 0. The Labute approximate surface area is 133 Å². The Morgan fingerprint density at radius 1 is 1.14 bits per heavy atom. The highest BCUT2D eigenvalue weighted by Gasteiger charge is 2.18. The van der Waals surface area contributed by atoms with E-state index in [0.29, 0.717) is 13.0 Å². The molecule has 22 heavy (non-hydrogen) atoms. The van der Waals surface area contributed by atoms with Crippen molar-refractivity contribution in [1.82, 2.24) is 4.90 Å². The Morgan fingerprint density at radius 2 is 1.82 bits per heavy atom. The SMILES string of the molecule is CN(/C=C/C(=O)C1CCCCC1)CCC(=O)c1ccccc1. The summed E-state index contributed by atoms with van der Waals surface area (Å²) in [5.41, 5.74) is 0.748. The summed E-state index contributed by atoms with van der Waals surface area (Å²) in [5, 5.41) is 0. The van der Waals surface area contributed by atoms with Gasteiger partial charge in [-0.15, -0.1) is 0 Å². The predicted molar refractivity (Wildman–Crippen MR) is 88.7 cm³/mol. The second-order valence-electron chi connectivity index (χ2n) is 6.07. The summed E-state index contributed by atoms with van der Waals surface area (Å²) in [6.45, 7) is 0.627. The van der Waals surface area contributed by atoms with E-state index < -0.39 is 0 Å². The minimum atomic E-state index is 0.138. The van der Waals surface area contributed by atoms with Gasteiger partial charge in [-0.1, -0.05) is 49.6 Å². The number of benzene rings is 1. The van der Waals surface area contributed by atoms with E-state index in [9.17, 15) is 9.59 Å². The monoisotopic (exact) mass is 299 g/mol. The second kappa shape index (κ2) is 8.52. The van der Waals surface area contributed by atoms with E-state index in [4.69, 9.17) is 0 Å². The average molecular weight is 299 g/mol. The van der Waals surface area contributed by atoms with Gasteiger partial charge in [0.05, 0.1) is 0 Å². The van der Waals surface area contributed by atoms with Crippen LogP contribution in [0.2, 0.25) is 0 Å². The Kier molecular flexibility index (Phi) is 6.38. The Hall–Kier alpha value is -1.90. The standard InChI is InChI=1S/C19H25NO2/c1-20(14-12-18(21)16-8-4-2-5-9-16)15-13-19(22)17-10-6-3-7-11-17/h2,4-5,8-9,13,15,17H,3,6-7,10-12,14H2,1H3/b15-13+. The van der Waals surface area contributed by atoms with Crippen LogP contribution in [0.25, 0.3) is 0 Å². The smallest absolute Gasteiger partial charge is 0.164 e. The molecule has 1 aromatic rings. The van der Waals surface area contributed by atoms with Gasteiger partial charge in [-0.05, 0) is 18.9 Å². The van der Waals surface area contributed by atoms with E-state index in [2.05, 4.69) is 0 Å². The van der Waals surface area contributed by atoms with Crippen molar-refractivity contribution >= 4 is 11.6 Å². The topological polar surface area (TPSA) is 37.4 Å². The lowest BCUT2D eigenvalue weighted by Crippen LogP contribution is -2.19. The van der Waals surface area contributed by atoms with E-state index >= 15 is 0 Å². The fraction of sp³-hybridized carbons (Fsp3) is 0.474. The molecule has 0 bridgehead atoms. The van der Waals surface area contributed by atoms with Crippen molar-refractivity contribution < 1.29 is 9.59 Å². The van der Waals surface area contributed by atoms with Crippen molar-refractivity contribution in [2.75, 3.05) is 13.6 Å². The number of carbonyl (C=O) groups excluding carboxylic acids is 2. The van der Waals surface area contributed by atoms with Crippen LogP contribution in [0, 0.1) is 5.92 Å². The van der Waals surface area contributed by atoms with Gasteiger partial charge >= 0.3 is 0 Å². The van der Waals surface area contributed by atoms with E-state index in [0.717, 1.165) is 18.4 Å². The number of ketones is 2. The first-order chi connectivity index (χ1) is 10.7. The number of allylic oxidation sites excluding steroid dienone is 1. The van der Waals surface area contributed by atoms with Crippen LogP contribution in [0.3, 0.4) is 0 Å². The number of nitrogens with zero attached hydrogens (tertiary/aromatic N) is 1. The van der Waals surface area contributed by atoms with E-state index in [1.165, 1.54) is 19.3 Å².